The number of hydrogen-bond donors (Lipinski definition) is 1. The number of aryl methyl sites for hydroxylation is 2. The van der Waals surface area contributed by atoms with Gasteiger partial charge in [-0.15, -0.1) is 0 Å². The Morgan fingerprint density at radius 2 is 1.72 bits per heavy atom. The summed E-state index contributed by atoms with van der Waals surface area (Å²) in [7, 11) is 0. The summed E-state index contributed by atoms with van der Waals surface area (Å²) in [5.41, 5.74) is 4.39. The van der Waals surface area contributed by atoms with Crippen LogP contribution in [0.2, 0.25) is 0 Å². The molecule has 29 heavy (non-hydrogen) atoms. The maximum atomic E-state index is 12.7. The van der Waals surface area contributed by atoms with Crippen LogP contribution in [0.15, 0.2) is 65.1 Å². The summed E-state index contributed by atoms with van der Waals surface area (Å²) < 4.78 is 12.6. The lowest BCUT2D eigenvalue weighted by atomic mass is 10.1. The molecule has 0 atom stereocenters. The minimum absolute atomic E-state index is 0.182. The second-order valence-electron chi connectivity index (χ2n) is 6.83. The van der Waals surface area contributed by atoms with Gasteiger partial charge in [0.05, 0.1) is 6.61 Å². The van der Waals surface area contributed by atoms with E-state index in [1.807, 2.05) is 69.3 Å². The van der Waals surface area contributed by atoms with Crippen LogP contribution >= 0.6 is 15.9 Å². The predicted molar refractivity (Wildman–Crippen MR) is 120 cm³/mol. The van der Waals surface area contributed by atoms with E-state index in [9.17, 15) is 4.79 Å². The van der Waals surface area contributed by atoms with Crippen molar-refractivity contribution >= 4 is 27.5 Å². The Kier molecular flexibility index (Phi) is 6.94. The van der Waals surface area contributed by atoms with E-state index in [0.717, 1.165) is 38.3 Å². The summed E-state index contributed by atoms with van der Waals surface area (Å²) in [4.78, 5) is 12.7. The van der Waals surface area contributed by atoms with Crippen molar-refractivity contribution in [2.45, 2.75) is 27.4 Å². The molecule has 4 nitrogen and oxygen atoms in total. The number of nitrogens with one attached hydrogen (secondary N) is 1. The number of halogens is 1. The van der Waals surface area contributed by atoms with Crippen molar-refractivity contribution in [2.75, 3.05) is 11.9 Å². The number of carbonyl (C=O) groups excluding carboxylic acids is 1. The van der Waals surface area contributed by atoms with E-state index in [2.05, 4.69) is 27.3 Å². The van der Waals surface area contributed by atoms with Crippen LogP contribution in [-0.4, -0.2) is 12.5 Å². The first-order valence-electron chi connectivity index (χ1n) is 9.48. The first-order valence-corrected chi connectivity index (χ1v) is 10.3. The molecule has 3 aromatic carbocycles. The molecule has 0 aliphatic rings. The van der Waals surface area contributed by atoms with Gasteiger partial charge in [-0.3, -0.25) is 4.79 Å². The van der Waals surface area contributed by atoms with Crippen LogP contribution in [0.1, 0.15) is 34.0 Å². The second-order valence-corrected chi connectivity index (χ2v) is 7.75. The third kappa shape index (κ3) is 5.84. The highest BCUT2D eigenvalue weighted by Crippen LogP contribution is 2.25. The SMILES string of the molecule is CCOc1ccc(C(=O)Nc2cccc(Br)c2)cc1COc1cc(C)cc(C)c1. The van der Waals surface area contributed by atoms with Gasteiger partial charge in [-0.2, -0.15) is 0 Å². The summed E-state index contributed by atoms with van der Waals surface area (Å²) >= 11 is 3.42. The Bertz CT molecular complexity index is 997. The van der Waals surface area contributed by atoms with Crippen molar-refractivity contribution in [1.29, 1.82) is 0 Å². The number of rotatable bonds is 7. The van der Waals surface area contributed by atoms with E-state index in [4.69, 9.17) is 9.47 Å². The predicted octanol–water partition coefficient (Wildman–Crippen LogP) is 6.30. The molecule has 150 valence electrons. The molecular weight excluding hydrogens is 430 g/mol. The van der Waals surface area contributed by atoms with Crippen LogP contribution in [0.4, 0.5) is 5.69 Å². The van der Waals surface area contributed by atoms with Gasteiger partial charge in [0.1, 0.15) is 18.1 Å². The Labute approximate surface area is 180 Å². The summed E-state index contributed by atoms with van der Waals surface area (Å²) in [6.45, 7) is 6.87. The first kappa shape index (κ1) is 20.9. The van der Waals surface area contributed by atoms with Gasteiger partial charge in [0, 0.05) is 21.3 Å². The molecule has 0 saturated carbocycles. The summed E-state index contributed by atoms with van der Waals surface area (Å²) in [6.07, 6.45) is 0. The van der Waals surface area contributed by atoms with Crippen LogP contribution in [0, 0.1) is 13.8 Å². The van der Waals surface area contributed by atoms with E-state index in [1.54, 1.807) is 6.07 Å². The van der Waals surface area contributed by atoms with Gasteiger partial charge >= 0.3 is 0 Å². The molecule has 0 fully saturated rings. The molecule has 0 bridgehead atoms. The van der Waals surface area contributed by atoms with Gasteiger partial charge in [-0.25, -0.2) is 0 Å². The zero-order valence-corrected chi connectivity index (χ0v) is 18.4. The number of amides is 1. The molecule has 0 unspecified atom stereocenters. The molecule has 5 heteroatoms. The molecule has 0 saturated heterocycles. The van der Waals surface area contributed by atoms with Gasteiger partial charge in [0.15, 0.2) is 0 Å². The number of benzene rings is 3. The number of hydrogen-bond acceptors (Lipinski definition) is 3. The number of anilines is 1. The van der Waals surface area contributed by atoms with E-state index in [0.29, 0.717) is 18.8 Å². The maximum Gasteiger partial charge on any atom is 0.255 e. The fourth-order valence-electron chi connectivity index (χ4n) is 3.08. The van der Waals surface area contributed by atoms with Crippen LogP contribution in [0.3, 0.4) is 0 Å². The smallest absolute Gasteiger partial charge is 0.255 e. The highest BCUT2D eigenvalue weighted by atomic mass is 79.9. The lowest BCUT2D eigenvalue weighted by Gasteiger charge is -2.14. The minimum Gasteiger partial charge on any atom is -0.493 e. The molecule has 0 spiro atoms. The first-order chi connectivity index (χ1) is 13.9. The van der Waals surface area contributed by atoms with Crippen LogP contribution in [0.5, 0.6) is 11.5 Å². The minimum atomic E-state index is -0.182. The van der Waals surface area contributed by atoms with Gasteiger partial charge in [0.2, 0.25) is 0 Å². The highest BCUT2D eigenvalue weighted by Gasteiger charge is 2.12. The molecule has 3 aromatic rings. The molecule has 3 rings (SSSR count). The Hall–Kier alpha value is -2.79. The Morgan fingerprint density at radius 3 is 2.41 bits per heavy atom. The van der Waals surface area contributed by atoms with E-state index >= 15 is 0 Å². The lowest BCUT2D eigenvalue weighted by Crippen LogP contribution is -2.13. The fourth-order valence-corrected chi connectivity index (χ4v) is 3.48. The third-order valence-electron chi connectivity index (χ3n) is 4.29. The van der Waals surface area contributed by atoms with E-state index in [1.165, 1.54) is 0 Å². The fraction of sp³-hybridized carbons (Fsp3) is 0.208. The van der Waals surface area contributed by atoms with Crippen molar-refractivity contribution in [2.24, 2.45) is 0 Å². The van der Waals surface area contributed by atoms with Gasteiger partial charge in [-0.05, 0) is 80.4 Å². The van der Waals surface area contributed by atoms with Crippen LogP contribution in [0.25, 0.3) is 0 Å². The lowest BCUT2D eigenvalue weighted by molar-refractivity contribution is 0.102. The largest absolute Gasteiger partial charge is 0.493 e. The summed E-state index contributed by atoms with van der Waals surface area (Å²) in [5, 5.41) is 2.92. The van der Waals surface area contributed by atoms with Gasteiger partial charge in [-0.1, -0.05) is 28.1 Å². The van der Waals surface area contributed by atoms with Crippen molar-refractivity contribution in [3.05, 3.63) is 87.4 Å². The molecular formula is C24H24BrNO3. The quantitative estimate of drug-likeness (QED) is 0.456. The second kappa shape index (κ2) is 9.61. The zero-order valence-electron chi connectivity index (χ0n) is 16.8. The maximum absolute atomic E-state index is 12.7. The standard InChI is InChI=1S/C24H24BrNO3/c1-4-28-23-9-8-18(24(27)26-21-7-5-6-20(25)14-21)13-19(23)15-29-22-11-16(2)10-17(3)12-22/h5-14H,4,15H2,1-3H3,(H,26,27). The monoisotopic (exact) mass is 453 g/mol. The van der Waals surface area contributed by atoms with Crippen LogP contribution < -0.4 is 14.8 Å². The summed E-state index contributed by atoms with van der Waals surface area (Å²) in [6, 6.07) is 19.0. The van der Waals surface area contributed by atoms with Crippen LogP contribution in [-0.2, 0) is 6.61 Å². The Morgan fingerprint density at radius 1 is 0.966 bits per heavy atom. The molecule has 1 amide bonds. The number of carbonyl (C=O) groups is 1. The van der Waals surface area contributed by atoms with E-state index in [-0.39, 0.29) is 5.91 Å². The van der Waals surface area contributed by atoms with Crippen molar-refractivity contribution in [3.63, 3.8) is 0 Å². The average Bonchev–Trinajstić information content (AvgIpc) is 2.66. The Balaban J connectivity index is 1.80. The third-order valence-corrected chi connectivity index (χ3v) is 4.79. The van der Waals surface area contributed by atoms with E-state index < -0.39 is 0 Å². The molecule has 0 aromatic heterocycles. The van der Waals surface area contributed by atoms with Gasteiger partial charge in [0.25, 0.3) is 5.91 Å². The topological polar surface area (TPSA) is 47.6 Å². The van der Waals surface area contributed by atoms with Crippen molar-refractivity contribution in [3.8, 4) is 11.5 Å². The molecule has 0 aliphatic heterocycles. The molecule has 0 aliphatic carbocycles. The average molecular weight is 454 g/mol. The normalized spacial score (nSPS) is 10.5. The van der Waals surface area contributed by atoms with Crippen molar-refractivity contribution < 1.29 is 14.3 Å². The zero-order chi connectivity index (χ0) is 20.8. The number of ether oxygens (including phenoxy) is 2. The highest BCUT2D eigenvalue weighted by molar-refractivity contribution is 9.10. The molecule has 1 N–H and O–H groups in total. The summed E-state index contributed by atoms with van der Waals surface area (Å²) in [5.74, 6) is 1.34. The van der Waals surface area contributed by atoms with Gasteiger partial charge < -0.3 is 14.8 Å². The van der Waals surface area contributed by atoms with Crippen molar-refractivity contribution in [1.82, 2.24) is 0 Å². The molecule has 0 heterocycles. The molecule has 0 radical (unpaired) electrons.